The van der Waals surface area contributed by atoms with Crippen molar-refractivity contribution in [2.75, 3.05) is 0 Å². The summed E-state index contributed by atoms with van der Waals surface area (Å²) in [5.41, 5.74) is -1.51. The van der Waals surface area contributed by atoms with E-state index in [9.17, 15) is 9.90 Å². The zero-order valence-electron chi connectivity index (χ0n) is 8.57. The molecule has 4 heteroatoms. The molecule has 0 bridgehead atoms. The van der Waals surface area contributed by atoms with Gasteiger partial charge in [0.1, 0.15) is 0 Å². The molecule has 0 aliphatic carbocycles. The molecule has 1 aromatic rings. The third kappa shape index (κ3) is 2.13. The van der Waals surface area contributed by atoms with E-state index < -0.39 is 17.5 Å². The normalized spacial score (nSPS) is 15.0. The summed E-state index contributed by atoms with van der Waals surface area (Å²) in [5, 5.41) is 19.6. The second kappa shape index (κ2) is 4.21. The summed E-state index contributed by atoms with van der Waals surface area (Å²) in [6, 6.07) is 6.17. The molecule has 0 unspecified atom stereocenters. The van der Waals surface area contributed by atoms with E-state index in [0.717, 1.165) is 0 Å². The molecule has 1 aromatic carbocycles. The molecule has 82 valence electrons. The molecule has 1 atom stereocenters. The van der Waals surface area contributed by atoms with Crippen LogP contribution in [0, 0.1) is 5.92 Å². The van der Waals surface area contributed by atoms with E-state index in [1.54, 1.807) is 26.0 Å². The van der Waals surface area contributed by atoms with Gasteiger partial charge in [0.15, 0.2) is 5.60 Å². The van der Waals surface area contributed by atoms with E-state index in [0.29, 0.717) is 10.6 Å². The summed E-state index contributed by atoms with van der Waals surface area (Å²) < 4.78 is 0. The highest BCUT2D eigenvalue weighted by molar-refractivity contribution is 6.30. The minimum atomic E-state index is -1.86. The molecule has 0 saturated heterocycles. The molecule has 0 radical (unpaired) electrons. The number of aliphatic hydroxyl groups is 1. The predicted molar refractivity (Wildman–Crippen MR) is 57.8 cm³/mol. The van der Waals surface area contributed by atoms with Crippen LogP contribution in [0.1, 0.15) is 19.4 Å². The van der Waals surface area contributed by atoms with Crippen molar-refractivity contribution in [3.8, 4) is 0 Å². The summed E-state index contributed by atoms with van der Waals surface area (Å²) >= 11 is 5.69. The Morgan fingerprint density at radius 1 is 1.33 bits per heavy atom. The quantitative estimate of drug-likeness (QED) is 0.835. The second-order valence-corrected chi connectivity index (χ2v) is 4.17. The number of halogens is 1. The molecule has 0 spiro atoms. The van der Waals surface area contributed by atoms with Gasteiger partial charge >= 0.3 is 5.97 Å². The minimum Gasteiger partial charge on any atom is -0.479 e. The number of rotatable bonds is 3. The Morgan fingerprint density at radius 3 is 2.13 bits per heavy atom. The second-order valence-electron chi connectivity index (χ2n) is 3.73. The van der Waals surface area contributed by atoms with Crippen LogP contribution < -0.4 is 0 Å². The van der Waals surface area contributed by atoms with E-state index >= 15 is 0 Å². The van der Waals surface area contributed by atoms with Crippen LogP contribution >= 0.6 is 11.6 Å². The molecule has 1 rings (SSSR count). The Balaban J connectivity index is 3.22. The summed E-state index contributed by atoms with van der Waals surface area (Å²) in [6.45, 7) is 3.31. The van der Waals surface area contributed by atoms with Crippen LogP contribution in [0.25, 0.3) is 0 Å². The van der Waals surface area contributed by atoms with Gasteiger partial charge in [0.2, 0.25) is 0 Å². The molecule has 0 aliphatic rings. The molecule has 0 heterocycles. The Kier molecular flexibility index (Phi) is 3.37. The molecular formula is C11H13ClO3. The molecule has 0 fully saturated rings. The van der Waals surface area contributed by atoms with E-state index in [1.807, 2.05) is 0 Å². The molecule has 0 amide bonds. The maximum atomic E-state index is 11.1. The highest BCUT2D eigenvalue weighted by Crippen LogP contribution is 2.30. The van der Waals surface area contributed by atoms with Crippen molar-refractivity contribution >= 4 is 17.6 Å². The summed E-state index contributed by atoms with van der Waals surface area (Å²) in [5.74, 6) is -1.67. The minimum absolute atomic E-state index is 0.342. The number of carbonyl (C=O) groups is 1. The standard InChI is InChI=1S/C11H13ClO3/c1-7(2)11(15,10(13)14)8-3-5-9(12)6-4-8/h3-7,15H,1-2H3,(H,13,14)/t11-/m1/s1. The van der Waals surface area contributed by atoms with Gasteiger partial charge in [-0.25, -0.2) is 4.79 Å². The lowest BCUT2D eigenvalue weighted by Crippen LogP contribution is -2.40. The van der Waals surface area contributed by atoms with Gasteiger partial charge in [-0.2, -0.15) is 0 Å². The lowest BCUT2D eigenvalue weighted by Gasteiger charge is -2.27. The number of carboxylic acid groups (broad SMARTS) is 1. The first kappa shape index (κ1) is 12.0. The maximum absolute atomic E-state index is 11.1. The van der Waals surface area contributed by atoms with Crippen LogP contribution in [0.4, 0.5) is 0 Å². The first-order valence-corrected chi connectivity index (χ1v) is 4.98. The van der Waals surface area contributed by atoms with Crippen molar-refractivity contribution in [1.82, 2.24) is 0 Å². The van der Waals surface area contributed by atoms with Crippen LogP contribution in [0.5, 0.6) is 0 Å². The van der Waals surface area contributed by atoms with Crippen LogP contribution in [0.2, 0.25) is 5.02 Å². The zero-order valence-corrected chi connectivity index (χ0v) is 9.32. The van der Waals surface area contributed by atoms with Gasteiger partial charge in [0.25, 0.3) is 0 Å². The van der Waals surface area contributed by atoms with Crippen LogP contribution in [0.15, 0.2) is 24.3 Å². The number of hydrogen-bond donors (Lipinski definition) is 2. The largest absolute Gasteiger partial charge is 0.479 e. The highest BCUT2D eigenvalue weighted by Gasteiger charge is 2.41. The first-order chi connectivity index (χ1) is 6.89. The molecule has 3 nitrogen and oxygen atoms in total. The van der Waals surface area contributed by atoms with Crippen molar-refractivity contribution < 1.29 is 15.0 Å². The molecule has 15 heavy (non-hydrogen) atoms. The van der Waals surface area contributed by atoms with Gasteiger partial charge in [-0.1, -0.05) is 37.6 Å². The molecular weight excluding hydrogens is 216 g/mol. The highest BCUT2D eigenvalue weighted by atomic mass is 35.5. The number of hydrogen-bond acceptors (Lipinski definition) is 2. The van der Waals surface area contributed by atoms with Crippen LogP contribution in [-0.2, 0) is 10.4 Å². The Hall–Kier alpha value is -1.06. The lowest BCUT2D eigenvalue weighted by atomic mass is 9.83. The predicted octanol–water partition coefficient (Wildman–Crippen LogP) is 2.27. The zero-order chi connectivity index (χ0) is 11.6. The van der Waals surface area contributed by atoms with Crippen molar-refractivity contribution in [3.63, 3.8) is 0 Å². The van der Waals surface area contributed by atoms with Crippen molar-refractivity contribution in [3.05, 3.63) is 34.9 Å². The molecule has 2 N–H and O–H groups in total. The fraction of sp³-hybridized carbons (Fsp3) is 0.364. The van der Waals surface area contributed by atoms with Gasteiger partial charge in [-0.15, -0.1) is 0 Å². The fourth-order valence-electron chi connectivity index (χ4n) is 1.41. The Bertz CT molecular complexity index is 359. The van der Waals surface area contributed by atoms with Gasteiger partial charge in [0.05, 0.1) is 0 Å². The summed E-state index contributed by atoms with van der Waals surface area (Å²) in [7, 11) is 0. The van der Waals surface area contributed by atoms with Gasteiger partial charge in [-0.3, -0.25) is 0 Å². The molecule has 0 aromatic heterocycles. The van der Waals surface area contributed by atoms with Crippen molar-refractivity contribution in [1.29, 1.82) is 0 Å². The third-order valence-electron chi connectivity index (χ3n) is 2.45. The molecule has 0 aliphatic heterocycles. The Labute approximate surface area is 93.3 Å². The van der Waals surface area contributed by atoms with Gasteiger partial charge in [-0.05, 0) is 23.6 Å². The van der Waals surface area contributed by atoms with E-state index in [1.165, 1.54) is 12.1 Å². The number of benzene rings is 1. The number of aliphatic carboxylic acids is 1. The van der Waals surface area contributed by atoms with Crippen LogP contribution in [-0.4, -0.2) is 16.2 Å². The van der Waals surface area contributed by atoms with Gasteiger partial charge < -0.3 is 10.2 Å². The monoisotopic (exact) mass is 228 g/mol. The van der Waals surface area contributed by atoms with Crippen LogP contribution in [0.3, 0.4) is 0 Å². The lowest BCUT2D eigenvalue weighted by molar-refractivity contribution is -0.165. The summed E-state index contributed by atoms with van der Waals surface area (Å²) in [6.07, 6.45) is 0. The topological polar surface area (TPSA) is 57.5 Å². The van der Waals surface area contributed by atoms with Crippen molar-refractivity contribution in [2.45, 2.75) is 19.4 Å². The average molecular weight is 229 g/mol. The maximum Gasteiger partial charge on any atom is 0.340 e. The number of carboxylic acids is 1. The van der Waals surface area contributed by atoms with E-state index in [-0.39, 0.29) is 0 Å². The van der Waals surface area contributed by atoms with Crippen molar-refractivity contribution in [2.24, 2.45) is 5.92 Å². The van der Waals surface area contributed by atoms with Gasteiger partial charge in [0, 0.05) is 5.02 Å². The summed E-state index contributed by atoms with van der Waals surface area (Å²) in [4.78, 5) is 11.1. The fourth-order valence-corrected chi connectivity index (χ4v) is 1.53. The third-order valence-corrected chi connectivity index (χ3v) is 2.70. The van der Waals surface area contributed by atoms with E-state index in [2.05, 4.69) is 0 Å². The molecule has 0 saturated carbocycles. The Morgan fingerprint density at radius 2 is 1.80 bits per heavy atom. The van der Waals surface area contributed by atoms with E-state index in [4.69, 9.17) is 16.7 Å². The smallest absolute Gasteiger partial charge is 0.340 e. The SMILES string of the molecule is CC(C)[C@](O)(C(=O)O)c1ccc(Cl)cc1. The average Bonchev–Trinajstić information content (AvgIpc) is 2.17. The first-order valence-electron chi connectivity index (χ1n) is 4.61.